The van der Waals surface area contributed by atoms with Gasteiger partial charge in [0.25, 0.3) is 0 Å². The number of methoxy groups -OCH3 is 2. The fraction of sp³-hybridized carbons (Fsp3) is 0.400. The molecule has 1 N–H and O–H groups in total. The van der Waals surface area contributed by atoms with Crippen LogP contribution in [0.15, 0.2) is 42.6 Å². The SMILES string of the molecule is COc1ccc(C2CCCN2CC(=O)NCc2ccccn2)cc1OC. The zero-order valence-electron chi connectivity index (χ0n) is 15.3. The van der Waals surface area contributed by atoms with Crippen molar-refractivity contribution in [2.75, 3.05) is 27.3 Å². The number of aromatic nitrogens is 1. The molecule has 1 aromatic carbocycles. The Morgan fingerprint density at radius 3 is 2.81 bits per heavy atom. The van der Waals surface area contributed by atoms with E-state index < -0.39 is 0 Å². The second-order valence-electron chi connectivity index (χ2n) is 6.34. The molecule has 1 saturated heterocycles. The predicted octanol–water partition coefficient (Wildman–Crippen LogP) is 2.55. The summed E-state index contributed by atoms with van der Waals surface area (Å²) in [7, 11) is 3.27. The molecule has 2 heterocycles. The van der Waals surface area contributed by atoms with Gasteiger partial charge in [-0.15, -0.1) is 0 Å². The zero-order chi connectivity index (χ0) is 18.4. The van der Waals surface area contributed by atoms with Gasteiger partial charge in [-0.05, 0) is 49.2 Å². The molecular formula is C20H25N3O3. The number of nitrogens with zero attached hydrogens (tertiary/aromatic N) is 2. The number of amides is 1. The molecule has 1 atom stereocenters. The maximum Gasteiger partial charge on any atom is 0.234 e. The van der Waals surface area contributed by atoms with E-state index in [0.717, 1.165) is 36.4 Å². The van der Waals surface area contributed by atoms with Crippen LogP contribution in [0.3, 0.4) is 0 Å². The van der Waals surface area contributed by atoms with Crippen molar-refractivity contribution in [1.29, 1.82) is 0 Å². The van der Waals surface area contributed by atoms with Crippen LogP contribution in [0.1, 0.15) is 30.1 Å². The molecule has 6 heteroatoms. The molecular weight excluding hydrogens is 330 g/mol. The lowest BCUT2D eigenvalue weighted by molar-refractivity contribution is -0.122. The zero-order valence-corrected chi connectivity index (χ0v) is 15.3. The van der Waals surface area contributed by atoms with E-state index >= 15 is 0 Å². The molecule has 1 unspecified atom stereocenters. The van der Waals surface area contributed by atoms with Crippen molar-refractivity contribution in [3.8, 4) is 11.5 Å². The van der Waals surface area contributed by atoms with E-state index in [0.29, 0.717) is 18.8 Å². The van der Waals surface area contributed by atoms with E-state index in [1.54, 1.807) is 20.4 Å². The van der Waals surface area contributed by atoms with Crippen molar-refractivity contribution in [2.24, 2.45) is 0 Å². The molecule has 1 amide bonds. The molecule has 1 aliphatic rings. The lowest BCUT2D eigenvalue weighted by Gasteiger charge is -2.25. The summed E-state index contributed by atoms with van der Waals surface area (Å²) < 4.78 is 10.7. The first-order valence-electron chi connectivity index (χ1n) is 8.84. The third-order valence-electron chi connectivity index (χ3n) is 4.70. The van der Waals surface area contributed by atoms with Gasteiger partial charge in [0.2, 0.25) is 5.91 Å². The van der Waals surface area contributed by atoms with Crippen molar-refractivity contribution >= 4 is 5.91 Å². The van der Waals surface area contributed by atoms with E-state index in [2.05, 4.69) is 21.3 Å². The van der Waals surface area contributed by atoms with Gasteiger partial charge in [-0.1, -0.05) is 12.1 Å². The predicted molar refractivity (Wildman–Crippen MR) is 99.2 cm³/mol. The number of benzene rings is 1. The fourth-order valence-corrected chi connectivity index (χ4v) is 3.39. The smallest absolute Gasteiger partial charge is 0.234 e. The summed E-state index contributed by atoms with van der Waals surface area (Å²) in [6.45, 7) is 1.75. The van der Waals surface area contributed by atoms with Gasteiger partial charge in [0, 0.05) is 12.2 Å². The maximum absolute atomic E-state index is 12.3. The maximum atomic E-state index is 12.3. The first-order valence-corrected chi connectivity index (χ1v) is 8.84. The highest BCUT2D eigenvalue weighted by molar-refractivity contribution is 5.78. The summed E-state index contributed by atoms with van der Waals surface area (Å²) in [5.74, 6) is 1.45. The van der Waals surface area contributed by atoms with Crippen LogP contribution < -0.4 is 14.8 Å². The Hall–Kier alpha value is -2.60. The van der Waals surface area contributed by atoms with E-state index in [9.17, 15) is 4.79 Å². The van der Waals surface area contributed by atoms with E-state index in [1.807, 2.05) is 30.3 Å². The molecule has 0 aliphatic carbocycles. The molecule has 26 heavy (non-hydrogen) atoms. The van der Waals surface area contributed by atoms with Gasteiger partial charge in [0.05, 0.1) is 33.0 Å². The normalized spacial score (nSPS) is 17.1. The Morgan fingerprint density at radius 2 is 2.08 bits per heavy atom. The first kappa shape index (κ1) is 18.2. The Morgan fingerprint density at radius 1 is 1.23 bits per heavy atom. The van der Waals surface area contributed by atoms with Crippen LogP contribution >= 0.6 is 0 Å². The van der Waals surface area contributed by atoms with Crippen molar-refractivity contribution in [3.05, 3.63) is 53.9 Å². The summed E-state index contributed by atoms with van der Waals surface area (Å²) in [5, 5.41) is 2.95. The second kappa shape index (κ2) is 8.67. The third kappa shape index (κ3) is 4.32. The average Bonchev–Trinajstić information content (AvgIpc) is 3.14. The van der Waals surface area contributed by atoms with Crippen LogP contribution in [-0.2, 0) is 11.3 Å². The van der Waals surface area contributed by atoms with Crippen molar-refractivity contribution in [1.82, 2.24) is 15.2 Å². The molecule has 0 spiro atoms. The molecule has 0 saturated carbocycles. The van der Waals surface area contributed by atoms with Gasteiger partial charge in [-0.25, -0.2) is 0 Å². The standard InChI is InChI=1S/C20H25N3O3/c1-25-18-9-8-15(12-19(18)26-2)17-7-5-11-23(17)14-20(24)22-13-16-6-3-4-10-21-16/h3-4,6,8-10,12,17H,5,7,11,13-14H2,1-2H3,(H,22,24). The topological polar surface area (TPSA) is 63.7 Å². The van der Waals surface area contributed by atoms with Crippen molar-refractivity contribution < 1.29 is 14.3 Å². The molecule has 1 aromatic heterocycles. The highest BCUT2D eigenvalue weighted by atomic mass is 16.5. The van der Waals surface area contributed by atoms with Crippen molar-refractivity contribution in [2.45, 2.75) is 25.4 Å². The summed E-state index contributed by atoms with van der Waals surface area (Å²) in [4.78, 5) is 18.8. The van der Waals surface area contributed by atoms with Crippen molar-refractivity contribution in [3.63, 3.8) is 0 Å². The lowest BCUT2D eigenvalue weighted by Crippen LogP contribution is -2.36. The highest BCUT2D eigenvalue weighted by Crippen LogP contribution is 2.36. The Balaban J connectivity index is 1.62. The van der Waals surface area contributed by atoms with Crippen LogP contribution in [0.4, 0.5) is 0 Å². The molecule has 1 aliphatic heterocycles. The molecule has 1 fully saturated rings. The van der Waals surface area contributed by atoms with Gasteiger partial charge in [-0.3, -0.25) is 14.7 Å². The Labute approximate surface area is 154 Å². The molecule has 2 aromatic rings. The summed E-state index contributed by atoms with van der Waals surface area (Å²) in [5.41, 5.74) is 2.01. The summed E-state index contributed by atoms with van der Waals surface area (Å²) >= 11 is 0. The number of pyridine rings is 1. The fourth-order valence-electron chi connectivity index (χ4n) is 3.39. The molecule has 138 valence electrons. The minimum absolute atomic E-state index is 0.0167. The number of ether oxygens (including phenoxy) is 2. The Bertz CT molecular complexity index is 736. The van der Waals surface area contributed by atoms with Crippen LogP contribution in [-0.4, -0.2) is 43.1 Å². The van der Waals surface area contributed by atoms with Crippen LogP contribution in [0.2, 0.25) is 0 Å². The molecule has 0 radical (unpaired) electrons. The monoisotopic (exact) mass is 355 g/mol. The number of carbonyl (C=O) groups is 1. The van der Waals surface area contributed by atoms with Crippen LogP contribution in [0.25, 0.3) is 0 Å². The number of hydrogen-bond donors (Lipinski definition) is 1. The third-order valence-corrected chi connectivity index (χ3v) is 4.70. The number of likely N-dealkylation sites (tertiary alicyclic amines) is 1. The van der Waals surface area contributed by atoms with Gasteiger partial charge < -0.3 is 14.8 Å². The van der Waals surface area contributed by atoms with E-state index in [1.165, 1.54) is 0 Å². The number of hydrogen-bond acceptors (Lipinski definition) is 5. The minimum Gasteiger partial charge on any atom is -0.493 e. The van der Waals surface area contributed by atoms with E-state index in [4.69, 9.17) is 9.47 Å². The van der Waals surface area contributed by atoms with Crippen LogP contribution in [0.5, 0.6) is 11.5 Å². The molecule has 0 bridgehead atoms. The Kier molecular flexibility index (Phi) is 6.07. The highest BCUT2D eigenvalue weighted by Gasteiger charge is 2.28. The number of carbonyl (C=O) groups excluding carboxylic acids is 1. The van der Waals surface area contributed by atoms with Gasteiger partial charge in [-0.2, -0.15) is 0 Å². The summed E-state index contributed by atoms with van der Waals surface area (Å²) in [6.07, 6.45) is 3.84. The van der Waals surface area contributed by atoms with E-state index in [-0.39, 0.29) is 11.9 Å². The lowest BCUT2D eigenvalue weighted by atomic mass is 10.0. The van der Waals surface area contributed by atoms with Crippen LogP contribution in [0, 0.1) is 0 Å². The molecule has 6 nitrogen and oxygen atoms in total. The average molecular weight is 355 g/mol. The summed E-state index contributed by atoms with van der Waals surface area (Å²) in [6, 6.07) is 11.9. The molecule has 3 rings (SSSR count). The van der Waals surface area contributed by atoms with Gasteiger partial charge in [0.15, 0.2) is 11.5 Å². The quantitative estimate of drug-likeness (QED) is 0.827. The number of rotatable bonds is 7. The minimum atomic E-state index is 0.0167. The largest absolute Gasteiger partial charge is 0.493 e. The van der Waals surface area contributed by atoms with Gasteiger partial charge in [0.1, 0.15) is 0 Å². The first-order chi connectivity index (χ1) is 12.7. The number of nitrogens with one attached hydrogen (secondary N) is 1. The van der Waals surface area contributed by atoms with Gasteiger partial charge >= 0.3 is 0 Å². The second-order valence-corrected chi connectivity index (χ2v) is 6.34.